The lowest BCUT2D eigenvalue weighted by atomic mass is 10.1. The van der Waals surface area contributed by atoms with Gasteiger partial charge in [-0.2, -0.15) is 4.39 Å². The summed E-state index contributed by atoms with van der Waals surface area (Å²) in [4.78, 5) is 0. The lowest BCUT2D eigenvalue weighted by Crippen LogP contribution is -1.88. The maximum atomic E-state index is 13.0. The van der Waals surface area contributed by atoms with Gasteiger partial charge in [0.25, 0.3) is 0 Å². The highest BCUT2D eigenvalue weighted by Gasteiger charge is 2.10. The Kier molecular flexibility index (Phi) is 2.74. The van der Waals surface area contributed by atoms with E-state index in [1.54, 1.807) is 13.2 Å². The maximum Gasteiger partial charge on any atom is 0.177 e. The highest BCUT2D eigenvalue weighted by Crippen LogP contribution is 2.34. The summed E-state index contributed by atoms with van der Waals surface area (Å²) in [6.07, 6.45) is 0. The average molecular weight is 275 g/mol. The van der Waals surface area contributed by atoms with Crippen LogP contribution in [0.25, 0.3) is 10.1 Å². The molecule has 0 radical (unpaired) electrons. The molecule has 0 N–H and O–H groups in total. The minimum Gasteiger partial charge on any atom is -0.496 e. The van der Waals surface area contributed by atoms with Crippen LogP contribution in [0.4, 0.5) is 4.39 Å². The summed E-state index contributed by atoms with van der Waals surface area (Å²) in [5, 5.41) is 1.45. The molecule has 14 heavy (non-hydrogen) atoms. The standard InChI is InChI=1S/C10H8BrFOS/c1-13-8-2-3-9-6(7(8)5-11)4-10(12)14-9/h2-4H,5H2,1H3. The molecule has 2 aromatic rings. The predicted octanol–water partition coefficient (Wildman–Crippen LogP) is 3.94. The van der Waals surface area contributed by atoms with E-state index in [-0.39, 0.29) is 5.13 Å². The zero-order chi connectivity index (χ0) is 10.1. The van der Waals surface area contributed by atoms with Gasteiger partial charge in [-0.15, -0.1) is 11.3 Å². The van der Waals surface area contributed by atoms with Gasteiger partial charge in [0.05, 0.1) is 7.11 Å². The van der Waals surface area contributed by atoms with Crippen LogP contribution in [0, 0.1) is 5.13 Å². The first-order valence-corrected chi connectivity index (χ1v) is 6.01. The largest absolute Gasteiger partial charge is 0.496 e. The van der Waals surface area contributed by atoms with Crippen molar-refractivity contribution in [2.75, 3.05) is 7.11 Å². The number of fused-ring (bicyclic) bond motifs is 1. The molecular weight excluding hydrogens is 267 g/mol. The number of benzene rings is 1. The Morgan fingerprint density at radius 2 is 2.29 bits per heavy atom. The van der Waals surface area contributed by atoms with Gasteiger partial charge in [0.2, 0.25) is 0 Å². The quantitative estimate of drug-likeness (QED) is 0.754. The van der Waals surface area contributed by atoms with E-state index >= 15 is 0 Å². The molecule has 0 atom stereocenters. The van der Waals surface area contributed by atoms with Crippen molar-refractivity contribution in [3.05, 3.63) is 28.9 Å². The number of hydrogen-bond acceptors (Lipinski definition) is 2. The zero-order valence-electron chi connectivity index (χ0n) is 7.51. The minimum atomic E-state index is -0.157. The van der Waals surface area contributed by atoms with E-state index in [1.165, 1.54) is 0 Å². The van der Waals surface area contributed by atoms with Gasteiger partial charge in [-0.1, -0.05) is 15.9 Å². The molecule has 0 bridgehead atoms. The fourth-order valence-electron chi connectivity index (χ4n) is 1.45. The molecule has 1 heterocycles. The zero-order valence-corrected chi connectivity index (χ0v) is 9.91. The van der Waals surface area contributed by atoms with E-state index in [1.807, 2.05) is 12.1 Å². The monoisotopic (exact) mass is 274 g/mol. The molecule has 74 valence electrons. The normalized spacial score (nSPS) is 10.8. The Labute approximate surface area is 93.6 Å². The molecule has 0 unspecified atom stereocenters. The molecule has 0 fully saturated rings. The molecule has 0 saturated heterocycles. The van der Waals surface area contributed by atoms with Crippen LogP contribution in [0.3, 0.4) is 0 Å². The fourth-order valence-corrected chi connectivity index (χ4v) is 2.84. The summed E-state index contributed by atoms with van der Waals surface area (Å²) >= 11 is 4.54. The van der Waals surface area contributed by atoms with Crippen molar-refractivity contribution in [2.24, 2.45) is 0 Å². The topological polar surface area (TPSA) is 9.23 Å². The number of alkyl halides is 1. The van der Waals surface area contributed by atoms with E-state index < -0.39 is 0 Å². The van der Waals surface area contributed by atoms with Gasteiger partial charge in [0.15, 0.2) is 5.13 Å². The lowest BCUT2D eigenvalue weighted by Gasteiger charge is -2.06. The van der Waals surface area contributed by atoms with Crippen LogP contribution in [0.1, 0.15) is 5.56 Å². The van der Waals surface area contributed by atoms with Crippen LogP contribution < -0.4 is 4.74 Å². The molecule has 0 aliphatic heterocycles. The second kappa shape index (κ2) is 3.87. The molecule has 0 saturated carbocycles. The second-order valence-electron chi connectivity index (χ2n) is 2.84. The van der Waals surface area contributed by atoms with Crippen LogP contribution in [0.2, 0.25) is 0 Å². The van der Waals surface area contributed by atoms with E-state index in [4.69, 9.17) is 4.74 Å². The van der Waals surface area contributed by atoms with E-state index in [2.05, 4.69) is 15.9 Å². The number of halogens is 2. The Morgan fingerprint density at radius 1 is 1.50 bits per heavy atom. The number of thiophene rings is 1. The van der Waals surface area contributed by atoms with Crippen LogP contribution in [0.15, 0.2) is 18.2 Å². The van der Waals surface area contributed by atoms with Gasteiger partial charge in [0, 0.05) is 21.0 Å². The SMILES string of the molecule is COc1ccc2sc(F)cc2c1CBr. The number of ether oxygens (including phenoxy) is 1. The fraction of sp³-hybridized carbons (Fsp3) is 0.200. The third-order valence-corrected chi connectivity index (χ3v) is 3.54. The summed E-state index contributed by atoms with van der Waals surface area (Å²) < 4.78 is 19.2. The summed E-state index contributed by atoms with van der Waals surface area (Å²) in [6.45, 7) is 0. The van der Waals surface area contributed by atoms with E-state index in [0.717, 1.165) is 32.7 Å². The summed E-state index contributed by atoms with van der Waals surface area (Å²) in [6, 6.07) is 5.31. The highest BCUT2D eigenvalue weighted by atomic mass is 79.9. The van der Waals surface area contributed by atoms with Crippen molar-refractivity contribution in [3.63, 3.8) is 0 Å². The Bertz CT molecular complexity index is 466. The van der Waals surface area contributed by atoms with Gasteiger partial charge < -0.3 is 4.74 Å². The van der Waals surface area contributed by atoms with Crippen LogP contribution in [0.5, 0.6) is 5.75 Å². The third-order valence-electron chi connectivity index (χ3n) is 2.09. The predicted molar refractivity (Wildman–Crippen MR) is 61.0 cm³/mol. The molecule has 0 aliphatic carbocycles. The van der Waals surface area contributed by atoms with Crippen LogP contribution in [-0.4, -0.2) is 7.11 Å². The maximum absolute atomic E-state index is 13.0. The van der Waals surface area contributed by atoms with Crippen molar-refractivity contribution in [2.45, 2.75) is 5.33 Å². The Hall–Kier alpha value is -0.610. The summed E-state index contributed by atoms with van der Waals surface area (Å²) in [7, 11) is 1.62. The van der Waals surface area contributed by atoms with Crippen molar-refractivity contribution in [1.29, 1.82) is 0 Å². The first kappa shape index (κ1) is 9.93. The van der Waals surface area contributed by atoms with Gasteiger partial charge in [0.1, 0.15) is 5.75 Å². The molecule has 1 nitrogen and oxygen atoms in total. The molecule has 1 aromatic heterocycles. The second-order valence-corrected chi connectivity index (χ2v) is 4.44. The van der Waals surface area contributed by atoms with Crippen molar-refractivity contribution in [3.8, 4) is 5.75 Å². The van der Waals surface area contributed by atoms with Crippen LogP contribution >= 0.6 is 27.3 Å². The van der Waals surface area contributed by atoms with Crippen molar-refractivity contribution >= 4 is 37.4 Å². The first-order valence-electron chi connectivity index (χ1n) is 4.07. The molecule has 2 rings (SSSR count). The van der Waals surface area contributed by atoms with Gasteiger partial charge in [-0.25, -0.2) is 0 Å². The summed E-state index contributed by atoms with van der Waals surface area (Å²) in [5.41, 5.74) is 1.00. The molecule has 0 amide bonds. The minimum absolute atomic E-state index is 0.157. The molecule has 4 heteroatoms. The molecule has 1 aromatic carbocycles. The number of rotatable bonds is 2. The molecule has 0 aliphatic rings. The smallest absolute Gasteiger partial charge is 0.177 e. The van der Waals surface area contributed by atoms with Gasteiger partial charge in [-0.3, -0.25) is 0 Å². The highest BCUT2D eigenvalue weighted by molar-refractivity contribution is 9.08. The average Bonchev–Trinajstić information content (AvgIpc) is 2.56. The van der Waals surface area contributed by atoms with Crippen molar-refractivity contribution in [1.82, 2.24) is 0 Å². The van der Waals surface area contributed by atoms with E-state index in [0.29, 0.717) is 5.33 Å². The van der Waals surface area contributed by atoms with E-state index in [9.17, 15) is 4.39 Å². The van der Waals surface area contributed by atoms with Gasteiger partial charge >= 0.3 is 0 Å². The Morgan fingerprint density at radius 3 is 2.93 bits per heavy atom. The van der Waals surface area contributed by atoms with Crippen LogP contribution in [-0.2, 0) is 5.33 Å². The number of hydrogen-bond donors (Lipinski definition) is 0. The van der Waals surface area contributed by atoms with Crippen molar-refractivity contribution < 1.29 is 9.13 Å². The third kappa shape index (κ3) is 1.53. The Balaban J connectivity index is 2.75. The van der Waals surface area contributed by atoms with Gasteiger partial charge in [-0.05, 0) is 18.2 Å². The lowest BCUT2D eigenvalue weighted by molar-refractivity contribution is 0.412. The first-order chi connectivity index (χ1) is 6.76. The number of methoxy groups -OCH3 is 1. The summed E-state index contributed by atoms with van der Waals surface area (Å²) in [5.74, 6) is 0.798. The molecular formula is C10H8BrFOS. The molecule has 0 spiro atoms.